The van der Waals surface area contributed by atoms with Gasteiger partial charge in [-0.05, 0) is 43.1 Å². The third-order valence-corrected chi connectivity index (χ3v) is 10.3. The number of aromatic amines is 1. The predicted octanol–water partition coefficient (Wildman–Crippen LogP) is 7.09. The lowest BCUT2D eigenvalue weighted by Crippen LogP contribution is -2.26. The van der Waals surface area contributed by atoms with Crippen molar-refractivity contribution >= 4 is 35.0 Å². The Morgan fingerprint density at radius 1 is 0.654 bits per heavy atom. The molecule has 1 nitrogen and oxygen atoms in total. The fraction of sp³-hybridized carbons (Fsp3) is 0.500. The number of hydrogen-bond donors (Lipinski definition) is 1. The van der Waals surface area contributed by atoms with E-state index in [0.29, 0.717) is 0 Å². The number of para-hydroxylation sites is 2. The van der Waals surface area contributed by atoms with Crippen LogP contribution in [-0.4, -0.2) is 16.3 Å². The highest BCUT2D eigenvalue weighted by Crippen LogP contribution is 2.55. The van der Waals surface area contributed by atoms with E-state index in [0.717, 1.165) is 11.3 Å². The first kappa shape index (κ1) is 16.8. The highest BCUT2D eigenvalue weighted by Gasteiger charge is 2.33. The van der Waals surface area contributed by atoms with Gasteiger partial charge in [-0.3, -0.25) is 0 Å². The third-order valence-electron chi connectivity index (χ3n) is 6.73. The Kier molecular flexibility index (Phi) is 4.76. The summed E-state index contributed by atoms with van der Waals surface area (Å²) in [5.41, 5.74) is 4.67. The molecule has 0 aliphatic heterocycles. The van der Waals surface area contributed by atoms with Gasteiger partial charge in [0.15, 0.2) is 0 Å². The van der Waals surface area contributed by atoms with Crippen LogP contribution in [0, 0.1) is 0 Å². The topological polar surface area (TPSA) is 15.8 Å². The van der Waals surface area contributed by atoms with Crippen molar-refractivity contribution in [1.82, 2.24) is 4.98 Å². The van der Waals surface area contributed by atoms with E-state index in [4.69, 9.17) is 0 Å². The molecule has 0 unspecified atom stereocenters. The Morgan fingerprint density at radius 2 is 1.27 bits per heavy atom. The highest BCUT2D eigenvalue weighted by molar-refractivity contribution is 7.67. The molecule has 1 heterocycles. The SMILES string of the molecule is c1ccc2c(c1)[nH]c1c(P(C3CCCCC3)C3CCCCC3)cccc12. The smallest absolute Gasteiger partial charge is 0.0543 e. The van der Waals surface area contributed by atoms with E-state index in [2.05, 4.69) is 47.4 Å². The van der Waals surface area contributed by atoms with Crippen LogP contribution in [0.2, 0.25) is 0 Å². The highest BCUT2D eigenvalue weighted by atomic mass is 31.1. The Hall–Kier alpha value is -1.33. The van der Waals surface area contributed by atoms with Gasteiger partial charge in [0.2, 0.25) is 0 Å². The first-order valence-corrected chi connectivity index (χ1v) is 12.2. The Balaban J connectivity index is 1.65. The molecule has 26 heavy (non-hydrogen) atoms. The average molecular weight is 363 g/mol. The summed E-state index contributed by atoms with van der Waals surface area (Å²) >= 11 is 0. The second-order valence-electron chi connectivity index (χ2n) is 8.36. The second kappa shape index (κ2) is 7.35. The van der Waals surface area contributed by atoms with Gasteiger partial charge >= 0.3 is 0 Å². The number of rotatable bonds is 3. The van der Waals surface area contributed by atoms with Gasteiger partial charge in [-0.2, -0.15) is 0 Å². The Bertz CT molecular complexity index is 866. The second-order valence-corrected chi connectivity index (χ2v) is 11.1. The standard InChI is InChI=1S/C24H30NP/c1-3-10-18(11-4-1)26(19-12-5-2-6-13-19)23-17-9-15-21-20-14-7-8-16-22(20)25-24(21)23/h7-9,14-19,25H,1-6,10-13H2. The number of H-pyrrole nitrogens is 1. The summed E-state index contributed by atoms with van der Waals surface area (Å²) in [4.78, 5) is 3.82. The molecule has 2 aliphatic carbocycles. The van der Waals surface area contributed by atoms with Crippen LogP contribution in [0.1, 0.15) is 64.2 Å². The lowest BCUT2D eigenvalue weighted by molar-refractivity contribution is 0.487. The molecule has 0 spiro atoms. The van der Waals surface area contributed by atoms with Crippen LogP contribution >= 0.6 is 7.92 Å². The van der Waals surface area contributed by atoms with Gasteiger partial charge in [0.25, 0.3) is 0 Å². The summed E-state index contributed by atoms with van der Waals surface area (Å²) in [6.07, 6.45) is 14.6. The van der Waals surface area contributed by atoms with Gasteiger partial charge < -0.3 is 4.98 Å². The molecular formula is C24H30NP. The Morgan fingerprint density at radius 3 is 1.96 bits per heavy atom. The quantitative estimate of drug-likeness (QED) is 0.478. The number of benzene rings is 2. The maximum atomic E-state index is 3.82. The van der Waals surface area contributed by atoms with Crippen molar-refractivity contribution in [2.75, 3.05) is 0 Å². The van der Waals surface area contributed by atoms with E-state index < -0.39 is 0 Å². The molecule has 5 rings (SSSR count). The molecular weight excluding hydrogens is 333 g/mol. The van der Waals surface area contributed by atoms with Gasteiger partial charge in [-0.15, -0.1) is 0 Å². The summed E-state index contributed by atoms with van der Waals surface area (Å²) in [7, 11) is -0.0600. The predicted molar refractivity (Wildman–Crippen MR) is 116 cm³/mol. The molecule has 1 aromatic heterocycles. The van der Waals surface area contributed by atoms with Crippen LogP contribution in [-0.2, 0) is 0 Å². The van der Waals surface area contributed by atoms with Crippen molar-refractivity contribution < 1.29 is 0 Å². The molecule has 0 bridgehead atoms. The van der Waals surface area contributed by atoms with E-state index in [9.17, 15) is 0 Å². The van der Waals surface area contributed by atoms with E-state index in [1.165, 1.54) is 86.0 Å². The Labute approximate surface area is 158 Å². The zero-order chi connectivity index (χ0) is 17.3. The number of fused-ring (bicyclic) bond motifs is 3. The molecule has 0 atom stereocenters. The maximum absolute atomic E-state index is 3.82. The van der Waals surface area contributed by atoms with Crippen molar-refractivity contribution in [2.45, 2.75) is 75.5 Å². The van der Waals surface area contributed by atoms with Crippen molar-refractivity contribution in [1.29, 1.82) is 0 Å². The van der Waals surface area contributed by atoms with Crippen molar-refractivity contribution in [3.8, 4) is 0 Å². The molecule has 2 saturated carbocycles. The van der Waals surface area contributed by atoms with E-state index in [-0.39, 0.29) is 7.92 Å². The van der Waals surface area contributed by atoms with Gasteiger partial charge in [0.1, 0.15) is 0 Å². The first-order valence-electron chi connectivity index (χ1n) is 10.7. The van der Waals surface area contributed by atoms with Gasteiger partial charge in [-0.1, -0.05) is 82.8 Å². The lowest BCUT2D eigenvalue weighted by atomic mass is 9.99. The summed E-state index contributed by atoms with van der Waals surface area (Å²) in [5.74, 6) is 0. The molecule has 0 radical (unpaired) electrons. The molecule has 2 fully saturated rings. The van der Waals surface area contributed by atoms with Gasteiger partial charge in [0, 0.05) is 21.6 Å². The summed E-state index contributed by atoms with van der Waals surface area (Å²) in [6, 6.07) is 16.0. The minimum absolute atomic E-state index is 0.0600. The molecule has 0 saturated heterocycles. The van der Waals surface area contributed by atoms with Crippen LogP contribution in [0.15, 0.2) is 42.5 Å². The van der Waals surface area contributed by atoms with Crippen LogP contribution < -0.4 is 5.30 Å². The molecule has 3 aromatic rings. The minimum Gasteiger partial charge on any atom is -0.354 e. The van der Waals surface area contributed by atoms with E-state index in [1.54, 1.807) is 5.30 Å². The van der Waals surface area contributed by atoms with Crippen molar-refractivity contribution in [3.05, 3.63) is 42.5 Å². The van der Waals surface area contributed by atoms with Crippen molar-refractivity contribution in [2.24, 2.45) is 0 Å². The number of aromatic nitrogens is 1. The van der Waals surface area contributed by atoms with Gasteiger partial charge in [0.05, 0.1) is 5.52 Å². The summed E-state index contributed by atoms with van der Waals surface area (Å²) < 4.78 is 0. The normalized spacial score (nSPS) is 20.3. The van der Waals surface area contributed by atoms with Crippen LogP contribution in [0.5, 0.6) is 0 Å². The fourth-order valence-electron chi connectivity index (χ4n) is 5.48. The molecule has 136 valence electrons. The molecule has 2 aromatic carbocycles. The van der Waals surface area contributed by atoms with Gasteiger partial charge in [-0.25, -0.2) is 0 Å². The minimum atomic E-state index is -0.0600. The monoisotopic (exact) mass is 363 g/mol. The third kappa shape index (κ3) is 2.99. The van der Waals surface area contributed by atoms with Crippen LogP contribution in [0.3, 0.4) is 0 Å². The first-order chi connectivity index (χ1) is 12.9. The largest absolute Gasteiger partial charge is 0.354 e. The molecule has 2 heteroatoms. The molecule has 2 aliphatic rings. The lowest BCUT2D eigenvalue weighted by Gasteiger charge is -2.39. The van der Waals surface area contributed by atoms with Crippen LogP contribution in [0.4, 0.5) is 0 Å². The number of nitrogens with one attached hydrogen (secondary N) is 1. The number of hydrogen-bond acceptors (Lipinski definition) is 0. The van der Waals surface area contributed by atoms with Crippen molar-refractivity contribution in [3.63, 3.8) is 0 Å². The zero-order valence-corrected chi connectivity index (χ0v) is 16.6. The zero-order valence-electron chi connectivity index (χ0n) is 15.7. The van der Waals surface area contributed by atoms with E-state index in [1.807, 2.05) is 0 Å². The van der Waals surface area contributed by atoms with Crippen LogP contribution in [0.25, 0.3) is 21.8 Å². The average Bonchev–Trinajstić information content (AvgIpc) is 3.10. The van der Waals surface area contributed by atoms with E-state index >= 15 is 0 Å². The maximum Gasteiger partial charge on any atom is 0.0543 e. The summed E-state index contributed by atoms with van der Waals surface area (Å²) in [5, 5.41) is 4.52. The molecule has 1 N–H and O–H groups in total. The molecule has 0 amide bonds. The summed E-state index contributed by atoms with van der Waals surface area (Å²) in [6.45, 7) is 0. The fourth-order valence-corrected chi connectivity index (χ4v) is 9.40.